The topological polar surface area (TPSA) is 78.5 Å². The first-order valence-corrected chi connectivity index (χ1v) is 11.2. The van der Waals surface area contributed by atoms with E-state index in [0.717, 1.165) is 31.2 Å². The quantitative estimate of drug-likeness (QED) is 0.721. The average molecular weight is 414 g/mol. The molecule has 3 rings (SSSR count). The molecular weight excluding hydrogens is 378 g/mol. The first kappa shape index (κ1) is 22.3. The Labute approximate surface area is 179 Å². The molecule has 2 aliphatic rings. The highest BCUT2D eigenvalue weighted by molar-refractivity contribution is 5.97. The summed E-state index contributed by atoms with van der Waals surface area (Å²) >= 11 is 0. The van der Waals surface area contributed by atoms with E-state index in [2.05, 4.69) is 24.5 Å². The van der Waals surface area contributed by atoms with Gasteiger partial charge in [0.15, 0.2) is 0 Å². The van der Waals surface area contributed by atoms with Gasteiger partial charge in [-0.05, 0) is 63.5 Å². The molecule has 3 amide bonds. The number of likely N-dealkylation sites (tertiary alicyclic amines) is 1. The molecule has 1 aliphatic carbocycles. The number of hydrogen-bond acceptors (Lipinski definition) is 3. The van der Waals surface area contributed by atoms with Crippen LogP contribution in [-0.4, -0.2) is 47.8 Å². The molecule has 30 heavy (non-hydrogen) atoms. The predicted molar refractivity (Wildman–Crippen MR) is 117 cm³/mol. The van der Waals surface area contributed by atoms with Crippen LogP contribution in [0.15, 0.2) is 24.3 Å². The number of nitrogens with one attached hydrogen (secondary N) is 2. The summed E-state index contributed by atoms with van der Waals surface area (Å²) in [5, 5.41) is 6.07. The zero-order valence-electron chi connectivity index (χ0n) is 18.6. The SMILES string of the molecule is Cc1cccc(C(=O)NC(C(=O)NC(C)C(C)C)C2CCN(C(=O)C3CC3)CC2)c1. The lowest BCUT2D eigenvalue weighted by molar-refractivity contribution is -0.134. The Bertz CT molecular complexity index is 780. The van der Waals surface area contributed by atoms with Crippen molar-refractivity contribution in [3.8, 4) is 0 Å². The molecule has 1 saturated heterocycles. The highest BCUT2D eigenvalue weighted by Crippen LogP contribution is 2.33. The van der Waals surface area contributed by atoms with Gasteiger partial charge in [-0.15, -0.1) is 0 Å². The molecule has 2 atom stereocenters. The van der Waals surface area contributed by atoms with E-state index in [0.29, 0.717) is 24.6 Å². The fourth-order valence-electron chi connectivity index (χ4n) is 3.93. The Morgan fingerprint density at radius 1 is 1.00 bits per heavy atom. The highest BCUT2D eigenvalue weighted by atomic mass is 16.2. The third kappa shape index (κ3) is 5.61. The standard InChI is InChI=1S/C24H35N3O3/c1-15(2)17(4)25-23(29)21(26-22(28)20-7-5-6-16(3)14-20)18-10-12-27(13-11-18)24(30)19-8-9-19/h5-7,14-15,17-19,21H,8-13H2,1-4H3,(H,25,29)(H,26,28). The lowest BCUT2D eigenvalue weighted by atomic mass is 9.88. The first-order valence-electron chi connectivity index (χ1n) is 11.2. The van der Waals surface area contributed by atoms with E-state index in [4.69, 9.17) is 0 Å². The minimum atomic E-state index is -0.600. The maximum absolute atomic E-state index is 13.1. The lowest BCUT2D eigenvalue weighted by Crippen LogP contribution is -2.55. The van der Waals surface area contributed by atoms with Crippen LogP contribution in [0.5, 0.6) is 0 Å². The van der Waals surface area contributed by atoms with Crippen LogP contribution in [0.4, 0.5) is 0 Å². The van der Waals surface area contributed by atoms with Crippen molar-refractivity contribution in [2.75, 3.05) is 13.1 Å². The summed E-state index contributed by atoms with van der Waals surface area (Å²) in [6, 6.07) is 6.81. The Balaban J connectivity index is 1.69. The van der Waals surface area contributed by atoms with Gasteiger partial charge in [0.05, 0.1) is 0 Å². The number of piperidine rings is 1. The third-order valence-electron chi connectivity index (χ3n) is 6.47. The van der Waals surface area contributed by atoms with Crippen LogP contribution >= 0.6 is 0 Å². The number of nitrogens with zero attached hydrogens (tertiary/aromatic N) is 1. The molecule has 0 radical (unpaired) electrons. The maximum atomic E-state index is 13.1. The molecule has 2 fully saturated rings. The second kappa shape index (κ2) is 9.63. The first-order chi connectivity index (χ1) is 14.3. The fraction of sp³-hybridized carbons (Fsp3) is 0.625. The van der Waals surface area contributed by atoms with Gasteiger partial charge in [-0.2, -0.15) is 0 Å². The predicted octanol–water partition coefficient (Wildman–Crippen LogP) is 2.90. The zero-order valence-corrected chi connectivity index (χ0v) is 18.6. The molecule has 0 aromatic heterocycles. The minimum Gasteiger partial charge on any atom is -0.352 e. The van der Waals surface area contributed by atoms with Crippen molar-refractivity contribution in [3.63, 3.8) is 0 Å². The van der Waals surface area contributed by atoms with E-state index in [1.807, 2.05) is 36.9 Å². The Morgan fingerprint density at radius 2 is 1.67 bits per heavy atom. The summed E-state index contributed by atoms with van der Waals surface area (Å²) in [5.41, 5.74) is 1.56. The van der Waals surface area contributed by atoms with Gasteiger partial charge in [0, 0.05) is 30.6 Å². The summed E-state index contributed by atoms with van der Waals surface area (Å²) in [4.78, 5) is 40.3. The molecule has 1 heterocycles. The van der Waals surface area contributed by atoms with Crippen LogP contribution in [0.3, 0.4) is 0 Å². The van der Waals surface area contributed by atoms with E-state index in [-0.39, 0.29) is 35.6 Å². The van der Waals surface area contributed by atoms with Gasteiger partial charge in [0.25, 0.3) is 5.91 Å². The van der Waals surface area contributed by atoms with Gasteiger partial charge in [-0.3, -0.25) is 14.4 Å². The summed E-state index contributed by atoms with van der Waals surface area (Å²) in [6.45, 7) is 9.37. The maximum Gasteiger partial charge on any atom is 0.251 e. The third-order valence-corrected chi connectivity index (χ3v) is 6.47. The Kier molecular flexibility index (Phi) is 7.16. The minimum absolute atomic E-state index is 0.0152. The summed E-state index contributed by atoms with van der Waals surface area (Å²) in [6.07, 6.45) is 3.45. The molecule has 1 aliphatic heterocycles. The Hall–Kier alpha value is -2.37. The van der Waals surface area contributed by atoms with E-state index in [1.54, 1.807) is 6.07 Å². The van der Waals surface area contributed by atoms with E-state index in [9.17, 15) is 14.4 Å². The molecule has 1 aromatic rings. The van der Waals surface area contributed by atoms with Crippen LogP contribution in [-0.2, 0) is 9.59 Å². The number of rotatable bonds is 7. The van der Waals surface area contributed by atoms with Crippen LogP contribution in [0.25, 0.3) is 0 Å². The number of carbonyl (C=O) groups is 3. The molecule has 2 N–H and O–H groups in total. The summed E-state index contributed by atoms with van der Waals surface area (Å²) in [5.74, 6) is 0.429. The van der Waals surface area contributed by atoms with Crippen molar-refractivity contribution in [1.82, 2.24) is 15.5 Å². The van der Waals surface area contributed by atoms with Crippen LogP contribution in [0.1, 0.15) is 62.4 Å². The van der Waals surface area contributed by atoms with Crippen molar-refractivity contribution >= 4 is 17.7 Å². The molecule has 164 valence electrons. The number of carbonyl (C=O) groups excluding carboxylic acids is 3. The number of aryl methyl sites for hydroxylation is 1. The van der Waals surface area contributed by atoms with Gasteiger partial charge in [0.1, 0.15) is 6.04 Å². The van der Waals surface area contributed by atoms with Crippen molar-refractivity contribution in [2.45, 2.75) is 65.5 Å². The average Bonchev–Trinajstić information content (AvgIpc) is 3.56. The molecule has 6 nitrogen and oxygen atoms in total. The van der Waals surface area contributed by atoms with Crippen molar-refractivity contribution < 1.29 is 14.4 Å². The van der Waals surface area contributed by atoms with Gasteiger partial charge in [-0.25, -0.2) is 0 Å². The molecular formula is C24H35N3O3. The second-order valence-electron chi connectivity index (χ2n) is 9.30. The molecule has 1 saturated carbocycles. The van der Waals surface area contributed by atoms with Crippen LogP contribution < -0.4 is 10.6 Å². The van der Waals surface area contributed by atoms with Gasteiger partial charge in [-0.1, -0.05) is 31.5 Å². The van der Waals surface area contributed by atoms with Gasteiger partial charge >= 0.3 is 0 Å². The summed E-state index contributed by atoms with van der Waals surface area (Å²) in [7, 11) is 0. The van der Waals surface area contributed by atoms with Crippen LogP contribution in [0, 0.1) is 24.7 Å². The fourth-order valence-corrected chi connectivity index (χ4v) is 3.93. The van der Waals surface area contributed by atoms with Crippen LogP contribution in [0.2, 0.25) is 0 Å². The highest BCUT2D eigenvalue weighted by Gasteiger charge is 2.38. The lowest BCUT2D eigenvalue weighted by Gasteiger charge is -2.36. The smallest absolute Gasteiger partial charge is 0.251 e. The van der Waals surface area contributed by atoms with E-state index < -0.39 is 6.04 Å². The molecule has 6 heteroatoms. The largest absolute Gasteiger partial charge is 0.352 e. The van der Waals surface area contributed by atoms with Gasteiger partial charge in [0.2, 0.25) is 11.8 Å². The zero-order chi connectivity index (χ0) is 21.8. The normalized spacial score (nSPS) is 19.3. The number of hydrogen-bond donors (Lipinski definition) is 2. The Morgan fingerprint density at radius 3 is 2.23 bits per heavy atom. The molecule has 1 aromatic carbocycles. The second-order valence-corrected chi connectivity index (χ2v) is 9.30. The number of benzene rings is 1. The molecule has 0 bridgehead atoms. The van der Waals surface area contributed by atoms with Crippen molar-refractivity contribution in [3.05, 3.63) is 35.4 Å². The summed E-state index contributed by atoms with van der Waals surface area (Å²) < 4.78 is 0. The monoisotopic (exact) mass is 413 g/mol. The van der Waals surface area contributed by atoms with E-state index in [1.165, 1.54) is 0 Å². The van der Waals surface area contributed by atoms with Crippen molar-refractivity contribution in [2.24, 2.45) is 17.8 Å². The number of amides is 3. The molecule has 2 unspecified atom stereocenters. The van der Waals surface area contributed by atoms with Gasteiger partial charge < -0.3 is 15.5 Å². The van der Waals surface area contributed by atoms with E-state index >= 15 is 0 Å². The van der Waals surface area contributed by atoms with Crippen molar-refractivity contribution in [1.29, 1.82) is 0 Å². The molecule has 0 spiro atoms.